The monoisotopic (exact) mass is 509 g/mol. The number of hydrogen-bond acceptors (Lipinski definition) is 5. The number of halogens is 1. The second kappa shape index (κ2) is 8.08. The highest BCUT2D eigenvalue weighted by molar-refractivity contribution is 9.09. The van der Waals surface area contributed by atoms with Crippen LogP contribution in [-0.2, 0) is 14.4 Å². The third kappa shape index (κ3) is 3.31. The Morgan fingerprint density at radius 3 is 2.71 bits per heavy atom. The molecule has 1 aromatic carbocycles. The number of benzene rings is 1. The number of fused-ring (bicyclic) bond motifs is 1. The van der Waals surface area contributed by atoms with Crippen molar-refractivity contribution < 1.29 is 19.5 Å². The molecule has 3 amide bonds. The van der Waals surface area contributed by atoms with Crippen molar-refractivity contribution in [2.75, 3.05) is 19.0 Å². The number of rotatable bonds is 5. The summed E-state index contributed by atoms with van der Waals surface area (Å²) in [5, 5.41) is 15.5. The summed E-state index contributed by atoms with van der Waals surface area (Å²) in [5.41, 5.74) is 2.67. The molecule has 0 aliphatic carbocycles. The van der Waals surface area contributed by atoms with Crippen LogP contribution in [0.2, 0.25) is 0 Å². The van der Waals surface area contributed by atoms with Crippen LogP contribution < -0.4 is 10.6 Å². The predicted molar refractivity (Wildman–Crippen MR) is 124 cm³/mol. The lowest BCUT2D eigenvalue weighted by atomic mass is 9.70. The summed E-state index contributed by atoms with van der Waals surface area (Å²) in [5.74, 6) is -1.75. The molecule has 3 aliphatic rings. The number of hydrogen-bond donors (Lipinski definition) is 3. The molecule has 168 valence electrons. The standard InChI is InChI=1S/C22H28BrN3O4S/c1-10-5-6-11(2)14(7-10)25-20(29)18-22-8-13(23)17(31-22)15(19(28)24-4)16(22)21(30)26(18)12(3)9-27/h5-7,12-13,15-18,27H,8-9H2,1-4H3,(H,24,28)(H,25,29)/t12-,13?,15+,16+,17+,18?,22?/m1/s1. The number of likely N-dealkylation sites (tertiary alicyclic amines) is 1. The van der Waals surface area contributed by atoms with Crippen molar-refractivity contribution in [1.29, 1.82) is 0 Å². The van der Waals surface area contributed by atoms with E-state index in [-0.39, 0.29) is 34.4 Å². The average Bonchev–Trinajstić information content (AvgIpc) is 3.33. The van der Waals surface area contributed by atoms with Gasteiger partial charge in [0.25, 0.3) is 0 Å². The highest BCUT2D eigenvalue weighted by Crippen LogP contribution is 2.67. The fourth-order valence-electron chi connectivity index (χ4n) is 5.47. The van der Waals surface area contributed by atoms with Crippen LogP contribution in [0, 0.1) is 25.7 Å². The third-order valence-corrected chi connectivity index (χ3v) is 10.1. The van der Waals surface area contributed by atoms with Gasteiger partial charge in [-0.1, -0.05) is 28.1 Å². The molecule has 7 nitrogen and oxygen atoms in total. The number of alkyl halides is 1. The summed E-state index contributed by atoms with van der Waals surface area (Å²) in [6.45, 7) is 5.38. The summed E-state index contributed by atoms with van der Waals surface area (Å²) >= 11 is 5.30. The fourth-order valence-corrected chi connectivity index (χ4v) is 9.07. The van der Waals surface area contributed by atoms with E-state index in [0.29, 0.717) is 12.1 Å². The highest BCUT2D eigenvalue weighted by Gasteiger charge is 2.75. The Kier molecular flexibility index (Phi) is 5.89. The number of amides is 3. The van der Waals surface area contributed by atoms with Crippen molar-refractivity contribution in [3.63, 3.8) is 0 Å². The van der Waals surface area contributed by atoms with E-state index in [1.54, 1.807) is 25.7 Å². The summed E-state index contributed by atoms with van der Waals surface area (Å²) < 4.78 is -0.710. The van der Waals surface area contributed by atoms with Gasteiger partial charge < -0.3 is 20.6 Å². The summed E-state index contributed by atoms with van der Waals surface area (Å²) in [6.07, 6.45) is 0.617. The molecule has 0 radical (unpaired) electrons. The molecule has 3 fully saturated rings. The van der Waals surface area contributed by atoms with Gasteiger partial charge in [0, 0.05) is 22.8 Å². The molecule has 2 bridgehead atoms. The van der Waals surface area contributed by atoms with Crippen molar-refractivity contribution in [2.45, 2.75) is 54.1 Å². The summed E-state index contributed by atoms with van der Waals surface area (Å²) in [7, 11) is 1.58. The molecular formula is C22H28BrN3O4S. The predicted octanol–water partition coefficient (Wildman–Crippen LogP) is 1.83. The molecule has 31 heavy (non-hydrogen) atoms. The van der Waals surface area contributed by atoms with Gasteiger partial charge in [-0.2, -0.15) is 0 Å². The molecule has 1 aromatic rings. The van der Waals surface area contributed by atoms with E-state index in [2.05, 4.69) is 26.6 Å². The molecular weight excluding hydrogens is 482 g/mol. The Morgan fingerprint density at radius 2 is 2.06 bits per heavy atom. The molecule has 1 spiro atoms. The van der Waals surface area contributed by atoms with Crippen molar-refractivity contribution >= 4 is 51.1 Å². The average molecular weight is 510 g/mol. The van der Waals surface area contributed by atoms with Crippen LogP contribution >= 0.6 is 27.7 Å². The zero-order chi connectivity index (χ0) is 22.7. The van der Waals surface area contributed by atoms with Gasteiger partial charge in [0.1, 0.15) is 6.04 Å². The van der Waals surface area contributed by atoms with Gasteiger partial charge in [-0.25, -0.2) is 0 Å². The largest absolute Gasteiger partial charge is 0.394 e. The highest BCUT2D eigenvalue weighted by atomic mass is 79.9. The molecule has 3 unspecified atom stereocenters. The van der Waals surface area contributed by atoms with Crippen LogP contribution in [0.25, 0.3) is 0 Å². The van der Waals surface area contributed by atoms with E-state index < -0.39 is 28.7 Å². The Bertz CT molecular complexity index is 943. The zero-order valence-electron chi connectivity index (χ0n) is 18.0. The first kappa shape index (κ1) is 22.6. The van der Waals surface area contributed by atoms with Gasteiger partial charge in [0.2, 0.25) is 17.7 Å². The number of nitrogens with zero attached hydrogens (tertiary/aromatic N) is 1. The number of aryl methyl sites for hydroxylation is 2. The van der Waals surface area contributed by atoms with Crippen LogP contribution in [0.4, 0.5) is 5.69 Å². The number of carbonyl (C=O) groups excluding carboxylic acids is 3. The molecule has 0 aromatic heterocycles. The first-order chi connectivity index (χ1) is 14.7. The second-order valence-electron chi connectivity index (χ2n) is 8.86. The zero-order valence-corrected chi connectivity index (χ0v) is 20.4. The number of thioether (sulfide) groups is 1. The maximum Gasteiger partial charge on any atom is 0.248 e. The lowest BCUT2D eigenvalue weighted by Gasteiger charge is -2.36. The molecule has 4 rings (SSSR count). The van der Waals surface area contributed by atoms with Gasteiger partial charge in [-0.3, -0.25) is 14.4 Å². The molecule has 3 saturated heterocycles. The summed E-state index contributed by atoms with van der Waals surface area (Å²) in [4.78, 5) is 41.7. The molecule has 9 heteroatoms. The van der Waals surface area contributed by atoms with Crippen LogP contribution in [0.15, 0.2) is 18.2 Å². The summed E-state index contributed by atoms with van der Waals surface area (Å²) in [6, 6.07) is 4.55. The number of carbonyl (C=O) groups is 3. The third-order valence-electron chi connectivity index (χ3n) is 6.91. The molecule has 3 N–H and O–H groups in total. The van der Waals surface area contributed by atoms with E-state index in [4.69, 9.17) is 0 Å². The first-order valence-electron chi connectivity index (χ1n) is 10.5. The number of aliphatic hydroxyl groups is 1. The van der Waals surface area contributed by atoms with E-state index in [0.717, 1.165) is 11.1 Å². The van der Waals surface area contributed by atoms with Crippen molar-refractivity contribution in [1.82, 2.24) is 10.2 Å². The van der Waals surface area contributed by atoms with Gasteiger partial charge >= 0.3 is 0 Å². The molecule has 7 atom stereocenters. The Balaban J connectivity index is 1.77. The number of anilines is 1. The molecule has 3 heterocycles. The van der Waals surface area contributed by atoms with E-state index in [9.17, 15) is 19.5 Å². The first-order valence-corrected chi connectivity index (χ1v) is 12.3. The number of aliphatic hydroxyl groups excluding tert-OH is 1. The van der Waals surface area contributed by atoms with Gasteiger partial charge in [-0.05, 0) is 44.4 Å². The van der Waals surface area contributed by atoms with Crippen LogP contribution in [0.1, 0.15) is 24.5 Å². The number of nitrogens with one attached hydrogen (secondary N) is 2. The Labute approximate surface area is 194 Å². The molecule has 3 aliphatic heterocycles. The van der Waals surface area contributed by atoms with E-state index >= 15 is 0 Å². The van der Waals surface area contributed by atoms with Gasteiger partial charge in [0.05, 0.1) is 29.2 Å². The minimum atomic E-state index is -0.767. The quantitative estimate of drug-likeness (QED) is 0.526. The lowest BCUT2D eigenvalue weighted by Crippen LogP contribution is -2.54. The van der Waals surface area contributed by atoms with Crippen molar-refractivity contribution in [2.24, 2.45) is 11.8 Å². The topological polar surface area (TPSA) is 98.7 Å². The Hall–Kier alpha value is -1.58. The van der Waals surface area contributed by atoms with Crippen LogP contribution in [0.5, 0.6) is 0 Å². The maximum absolute atomic E-state index is 13.7. The SMILES string of the molecule is CNC(=O)[C@H]1[C@H]2C(=O)N([C@H](C)CO)C(C(=O)Nc3cc(C)ccc3C)C23CC(Br)[C@@H]1S3. The molecule has 0 saturated carbocycles. The van der Waals surface area contributed by atoms with Crippen molar-refractivity contribution in [3.05, 3.63) is 29.3 Å². The normalized spacial score (nSPS) is 34.6. The second-order valence-corrected chi connectivity index (χ2v) is 11.6. The smallest absolute Gasteiger partial charge is 0.248 e. The van der Waals surface area contributed by atoms with E-state index in [1.165, 1.54) is 4.90 Å². The van der Waals surface area contributed by atoms with Crippen molar-refractivity contribution in [3.8, 4) is 0 Å². The van der Waals surface area contributed by atoms with Crippen LogP contribution in [-0.4, -0.2) is 68.3 Å². The van der Waals surface area contributed by atoms with E-state index in [1.807, 2.05) is 32.0 Å². The minimum absolute atomic E-state index is 0.0317. The van der Waals surface area contributed by atoms with Gasteiger partial charge in [0.15, 0.2) is 0 Å². The minimum Gasteiger partial charge on any atom is -0.394 e. The van der Waals surface area contributed by atoms with Gasteiger partial charge in [-0.15, -0.1) is 11.8 Å². The van der Waals surface area contributed by atoms with Crippen LogP contribution in [0.3, 0.4) is 0 Å². The lowest BCUT2D eigenvalue weighted by molar-refractivity contribution is -0.141. The Morgan fingerprint density at radius 1 is 1.35 bits per heavy atom. The maximum atomic E-state index is 13.7. The fraction of sp³-hybridized carbons (Fsp3) is 0.591.